The molecule has 0 heterocycles. The van der Waals surface area contributed by atoms with E-state index in [-0.39, 0.29) is 0 Å². The molecule has 0 amide bonds. The summed E-state index contributed by atoms with van der Waals surface area (Å²) < 4.78 is 1.34. The molecule has 0 aliphatic rings. The van der Waals surface area contributed by atoms with E-state index in [1.54, 1.807) is 0 Å². The van der Waals surface area contributed by atoms with E-state index in [4.69, 9.17) is 0 Å². The van der Waals surface area contributed by atoms with Crippen LogP contribution in [0.25, 0.3) is 0 Å². The third-order valence-electron chi connectivity index (χ3n) is 2.13. The molecule has 1 N–H and O–H groups in total. The minimum atomic E-state index is -0.634. The van der Waals surface area contributed by atoms with Crippen molar-refractivity contribution in [1.29, 1.82) is 0 Å². The molecule has 1 aromatic carbocycles. The zero-order valence-corrected chi connectivity index (χ0v) is 11.0. The standard InChI is InChI=1S/C13H18OSe/c1-3-9-13(2,14)10-11-15-12-7-5-4-6-8-12/h4-8,10-11,14H,3,9H2,1-2H3/b11-10+. The second kappa shape index (κ2) is 6.12. The van der Waals surface area contributed by atoms with Crippen LogP contribution >= 0.6 is 0 Å². The van der Waals surface area contributed by atoms with Crippen LogP contribution in [0.3, 0.4) is 0 Å². The summed E-state index contributed by atoms with van der Waals surface area (Å²) in [7, 11) is 0. The van der Waals surface area contributed by atoms with Crippen LogP contribution in [0.4, 0.5) is 0 Å². The van der Waals surface area contributed by atoms with Gasteiger partial charge in [-0.2, -0.15) is 0 Å². The third kappa shape index (κ3) is 5.17. The molecule has 2 heteroatoms. The summed E-state index contributed by atoms with van der Waals surface area (Å²) in [5, 5.41) is 9.92. The molecule has 15 heavy (non-hydrogen) atoms. The predicted molar refractivity (Wildman–Crippen MR) is 66.5 cm³/mol. The van der Waals surface area contributed by atoms with E-state index in [2.05, 4.69) is 36.2 Å². The number of benzene rings is 1. The minimum absolute atomic E-state index is 0.332. The van der Waals surface area contributed by atoms with Crippen molar-refractivity contribution in [3.8, 4) is 0 Å². The molecule has 82 valence electrons. The van der Waals surface area contributed by atoms with Crippen LogP contribution in [0.15, 0.2) is 41.4 Å². The van der Waals surface area contributed by atoms with E-state index in [0.717, 1.165) is 12.8 Å². The Labute approximate surface area is 98.4 Å². The molecule has 1 aromatic rings. The van der Waals surface area contributed by atoms with Crippen molar-refractivity contribution in [3.05, 3.63) is 41.4 Å². The van der Waals surface area contributed by atoms with E-state index in [9.17, 15) is 5.11 Å². The van der Waals surface area contributed by atoms with Gasteiger partial charge in [-0.3, -0.25) is 0 Å². The number of hydrogen-bond acceptors (Lipinski definition) is 1. The Balaban J connectivity index is 2.46. The van der Waals surface area contributed by atoms with Crippen LogP contribution in [0, 0.1) is 0 Å². The van der Waals surface area contributed by atoms with Gasteiger partial charge in [-0.1, -0.05) is 0 Å². The van der Waals surface area contributed by atoms with Gasteiger partial charge in [0.2, 0.25) is 0 Å². The monoisotopic (exact) mass is 270 g/mol. The van der Waals surface area contributed by atoms with Gasteiger partial charge in [0, 0.05) is 0 Å². The van der Waals surface area contributed by atoms with Crippen molar-refractivity contribution < 1.29 is 5.11 Å². The normalized spacial score (nSPS) is 15.4. The quantitative estimate of drug-likeness (QED) is 0.811. The zero-order valence-electron chi connectivity index (χ0n) is 9.31. The average molecular weight is 269 g/mol. The summed E-state index contributed by atoms with van der Waals surface area (Å²) in [6.45, 7) is 3.96. The van der Waals surface area contributed by atoms with E-state index in [1.165, 1.54) is 4.46 Å². The van der Waals surface area contributed by atoms with Gasteiger partial charge in [0.25, 0.3) is 0 Å². The fourth-order valence-corrected chi connectivity index (χ4v) is 3.09. The summed E-state index contributed by atoms with van der Waals surface area (Å²) >= 11 is 0.332. The van der Waals surface area contributed by atoms with E-state index in [0.29, 0.717) is 15.0 Å². The predicted octanol–water partition coefficient (Wildman–Crippen LogP) is 2.08. The van der Waals surface area contributed by atoms with Crippen molar-refractivity contribution in [1.82, 2.24) is 0 Å². The van der Waals surface area contributed by atoms with Crippen LogP contribution in [-0.4, -0.2) is 25.7 Å². The molecule has 0 spiro atoms. The first kappa shape index (κ1) is 12.5. The first-order valence-corrected chi connectivity index (χ1v) is 7.10. The van der Waals surface area contributed by atoms with Gasteiger partial charge in [0.1, 0.15) is 0 Å². The Kier molecular flexibility index (Phi) is 5.10. The number of rotatable bonds is 5. The molecule has 0 aliphatic heterocycles. The van der Waals surface area contributed by atoms with Gasteiger partial charge >= 0.3 is 98.2 Å². The number of aliphatic hydroxyl groups is 1. The first-order valence-electron chi connectivity index (χ1n) is 5.26. The molecule has 0 aromatic heterocycles. The SMILES string of the molecule is CCCC(C)(O)/C=C/[Se]c1ccccc1. The Hall–Kier alpha value is -0.561. The van der Waals surface area contributed by atoms with Crippen molar-refractivity contribution in [2.24, 2.45) is 0 Å². The summed E-state index contributed by atoms with van der Waals surface area (Å²) in [5.74, 6) is 0. The van der Waals surface area contributed by atoms with Crippen molar-refractivity contribution >= 4 is 19.4 Å². The number of hydrogen-bond donors (Lipinski definition) is 1. The van der Waals surface area contributed by atoms with Crippen LogP contribution in [0.1, 0.15) is 26.7 Å². The second-order valence-corrected chi connectivity index (χ2v) is 5.90. The van der Waals surface area contributed by atoms with E-state index >= 15 is 0 Å². The molecule has 1 atom stereocenters. The summed E-state index contributed by atoms with van der Waals surface area (Å²) in [5.41, 5.74) is -0.634. The summed E-state index contributed by atoms with van der Waals surface area (Å²) in [6, 6.07) is 10.4. The fraction of sp³-hybridized carbons (Fsp3) is 0.385. The first-order chi connectivity index (χ1) is 7.14. The molecule has 0 saturated carbocycles. The molecule has 0 radical (unpaired) electrons. The molecule has 0 fully saturated rings. The van der Waals surface area contributed by atoms with Crippen molar-refractivity contribution in [2.75, 3.05) is 0 Å². The van der Waals surface area contributed by atoms with Gasteiger partial charge in [0.05, 0.1) is 0 Å². The maximum absolute atomic E-state index is 9.92. The molecule has 0 aliphatic carbocycles. The zero-order chi connectivity index (χ0) is 11.1. The Morgan fingerprint density at radius 1 is 1.33 bits per heavy atom. The summed E-state index contributed by atoms with van der Waals surface area (Å²) in [4.78, 5) is 2.11. The average Bonchev–Trinajstić information content (AvgIpc) is 2.19. The summed E-state index contributed by atoms with van der Waals surface area (Å²) in [6.07, 6.45) is 3.77. The van der Waals surface area contributed by atoms with Gasteiger partial charge in [-0.15, -0.1) is 0 Å². The second-order valence-electron chi connectivity index (χ2n) is 3.84. The Bertz CT molecular complexity index is 304. The van der Waals surface area contributed by atoms with Gasteiger partial charge in [-0.05, 0) is 0 Å². The molecular formula is C13H18OSe. The molecule has 1 unspecified atom stereocenters. The maximum atomic E-state index is 9.92. The van der Waals surface area contributed by atoms with Crippen LogP contribution in [0.2, 0.25) is 0 Å². The van der Waals surface area contributed by atoms with Gasteiger partial charge in [-0.25, -0.2) is 0 Å². The Morgan fingerprint density at radius 3 is 2.60 bits per heavy atom. The van der Waals surface area contributed by atoms with Crippen molar-refractivity contribution in [3.63, 3.8) is 0 Å². The molecular weight excluding hydrogens is 251 g/mol. The van der Waals surface area contributed by atoms with Gasteiger partial charge in [0.15, 0.2) is 0 Å². The third-order valence-corrected chi connectivity index (χ3v) is 3.84. The molecule has 0 bridgehead atoms. The van der Waals surface area contributed by atoms with Crippen molar-refractivity contribution in [2.45, 2.75) is 32.3 Å². The molecule has 0 saturated heterocycles. The van der Waals surface area contributed by atoms with E-state index < -0.39 is 5.60 Å². The molecule has 1 rings (SSSR count). The Morgan fingerprint density at radius 2 is 2.00 bits per heavy atom. The molecule has 1 nitrogen and oxygen atoms in total. The van der Waals surface area contributed by atoms with Crippen LogP contribution in [-0.2, 0) is 0 Å². The van der Waals surface area contributed by atoms with E-state index in [1.807, 2.05) is 19.1 Å². The van der Waals surface area contributed by atoms with Crippen LogP contribution < -0.4 is 4.46 Å². The van der Waals surface area contributed by atoms with Gasteiger partial charge < -0.3 is 0 Å². The topological polar surface area (TPSA) is 20.2 Å². The fourth-order valence-electron chi connectivity index (χ4n) is 1.35. The van der Waals surface area contributed by atoms with Crippen LogP contribution in [0.5, 0.6) is 0 Å².